The number of carbonyl (C=O) groups is 1. The number of thiophene rings is 1. The Hall–Kier alpha value is -2.90. The molecule has 1 N–H and O–H groups in total. The van der Waals surface area contributed by atoms with Gasteiger partial charge in [0.05, 0.1) is 12.5 Å². The molecule has 0 amide bonds. The molecule has 0 aliphatic heterocycles. The first kappa shape index (κ1) is 19.4. The number of methoxy groups -OCH3 is 1. The predicted molar refractivity (Wildman–Crippen MR) is 118 cm³/mol. The van der Waals surface area contributed by atoms with Gasteiger partial charge in [0.1, 0.15) is 10.6 Å². The highest BCUT2D eigenvalue weighted by Gasteiger charge is 2.14. The summed E-state index contributed by atoms with van der Waals surface area (Å²) in [5, 5.41) is 3.12. The second-order valence-electron chi connectivity index (χ2n) is 6.44. The molecule has 7 heteroatoms. The summed E-state index contributed by atoms with van der Waals surface area (Å²) in [6.45, 7) is 1.53. The van der Waals surface area contributed by atoms with Crippen molar-refractivity contribution in [3.8, 4) is 16.9 Å². The van der Waals surface area contributed by atoms with Crippen LogP contribution in [0.1, 0.15) is 22.8 Å². The molecule has 0 bridgehead atoms. The molecule has 0 saturated heterocycles. The summed E-state index contributed by atoms with van der Waals surface area (Å²) in [7, 11) is 1.60. The first-order valence-electron chi connectivity index (χ1n) is 8.94. The maximum atomic E-state index is 12.8. The molecule has 0 spiro atoms. The lowest BCUT2D eigenvalue weighted by atomic mass is 10.1. The lowest BCUT2D eigenvalue weighted by Gasteiger charge is -2.09. The summed E-state index contributed by atoms with van der Waals surface area (Å²) >= 11 is 2.87. The fourth-order valence-electron chi connectivity index (χ4n) is 3.08. The number of rotatable bonds is 6. The smallest absolute Gasteiger partial charge is 0.260 e. The minimum absolute atomic E-state index is 0.00104. The van der Waals surface area contributed by atoms with E-state index in [4.69, 9.17) is 4.74 Å². The van der Waals surface area contributed by atoms with Crippen LogP contribution >= 0.6 is 23.1 Å². The number of ether oxygens (including phenoxy) is 1. The number of benzene rings is 2. The van der Waals surface area contributed by atoms with Crippen LogP contribution in [0.5, 0.6) is 5.75 Å². The van der Waals surface area contributed by atoms with Gasteiger partial charge >= 0.3 is 0 Å². The topological polar surface area (TPSA) is 72.0 Å². The van der Waals surface area contributed by atoms with Gasteiger partial charge in [0.15, 0.2) is 10.9 Å². The quantitative estimate of drug-likeness (QED) is 0.264. The van der Waals surface area contributed by atoms with Gasteiger partial charge in [-0.15, -0.1) is 11.3 Å². The highest BCUT2D eigenvalue weighted by Crippen LogP contribution is 2.32. The van der Waals surface area contributed by atoms with E-state index in [0.717, 1.165) is 16.7 Å². The number of nitrogens with zero attached hydrogens (tertiary/aromatic N) is 1. The van der Waals surface area contributed by atoms with Gasteiger partial charge in [-0.25, -0.2) is 4.98 Å². The van der Waals surface area contributed by atoms with Crippen molar-refractivity contribution in [3.63, 3.8) is 0 Å². The van der Waals surface area contributed by atoms with Crippen molar-refractivity contribution in [1.29, 1.82) is 0 Å². The Kier molecular flexibility index (Phi) is 5.51. The maximum absolute atomic E-state index is 12.8. The Bertz CT molecular complexity index is 1250. The van der Waals surface area contributed by atoms with Crippen LogP contribution in [0.4, 0.5) is 0 Å². The third kappa shape index (κ3) is 3.97. The van der Waals surface area contributed by atoms with Crippen LogP contribution in [0, 0.1) is 0 Å². The lowest BCUT2D eigenvalue weighted by Crippen LogP contribution is -2.08. The van der Waals surface area contributed by atoms with E-state index in [1.165, 1.54) is 30.0 Å². The average molecular weight is 423 g/mol. The number of hydrogen-bond acceptors (Lipinski definition) is 6. The Morgan fingerprint density at radius 3 is 2.72 bits per heavy atom. The van der Waals surface area contributed by atoms with E-state index in [1.807, 2.05) is 41.8 Å². The van der Waals surface area contributed by atoms with Crippen molar-refractivity contribution in [1.82, 2.24) is 9.97 Å². The van der Waals surface area contributed by atoms with Gasteiger partial charge in [-0.1, -0.05) is 42.1 Å². The van der Waals surface area contributed by atoms with E-state index in [2.05, 4.69) is 9.97 Å². The molecule has 0 unspecified atom stereocenters. The lowest BCUT2D eigenvalue weighted by molar-refractivity contribution is 0.101. The molecule has 4 rings (SSSR count). The number of ketones is 1. The van der Waals surface area contributed by atoms with Gasteiger partial charge in [0.2, 0.25) is 0 Å². The third-order valence-electron chi connectivity index (χ3n) is 4.56. The molecule has 0 aliphatic rings. The zero-order valence-electron chi connectivity index (χ0n) is 15.9. The molecule has 5 nitrogen and oxygen atoms in total. The molecule has 2 aromatic heterocycles. The monoisotopic (exact) mass is 422 g/mol. The fraction of sp³-hybridized carbons (Fsp3) is 0.136. The highest BCUT2D eigenvalue weighted by molar-refractivity contribution is 7.98. The van der Waals surface area contributed by atoms with E-state index in [9.17, 15) is 9.59 Å². The van der Waals surface area contributed by atoms with Crippen LogP contribution in [-0.2, 0) is 5.75 Å². The fourth-order valence-corrected chi connectivity index (χ4v) is 4.93. The number of carbonyl (C=O) groups excluding carboxylic acids is 1. The van der Waals surface area contributed by atoms with Crippen molar-refractivity contribution < 1.29 is 9.53 Å². The molecular formula is C22H18N2O3S2. The van der Waals surface area contributed by atoms with E-state index in [1.54, 1.807) is 19.2 Å². The van der Waals surface area contributed by atoms with Crippen molar-refractivity contribution in [2.75, 3.05) is 7.11 Å². The first-order valence-corrected chi connectivity index (χ1v) is 10.8. The second-order valence-corrected chi connectivity index (χ2v) is 8.26. The normalized spacial score (nSPS) is 11.0. The third-order valence-corrected chi connectivity index (χ3v) is 6.35. The number of aromatic nitrogens is 2. The molecule has 2 aromatic carbocycles. The van der Waals surface area contributed by atoms with Gasteiger partial charge in [-0.05, 0) is 30.7 Å². The number of H-pyrrole nitrogens is 1. The SMILES string of the molecule is COc1ccc(C(C)=O)cc1CSc1nc2scc(-c3ccccc3)c2c(=O)[nH]1. The zero-order valence-corrected chi connectivity index (χ0v) is 17.5. The molecule has 0 saturated carbocycles. The number of aromatic amines is 1. The summed E-state index contributed by atoms with van der Waals surface area (Å²) in [4.78, 5) is 32.7. The van der Waals surface area contributed by atoms with Crippen LogP contribution in [-0.4, -0.2) is 22.9 Å². The number of thioether (sulfide) groups is 1. The first-order chi connectivity index (χ1) is 14.1. The number of nitrogens with one attached hydrogen (secondary N) is 1. The molecule has 0 aliphatic carbocycles. The van der Waals surface area contributed by atoms with Gasteiger partial charge in [0.25, 0.3) is 5.56 Å². The van der Waals surface area contributed by atoms with Crippen LogP contribution in [0.2, 0.25) is 0 Å². The van der Waals surface area contributed by atoms with Gasteiger partial charge < -0.3 is 9.72 Å². The summed E-state index contributed by atoms with van der Waals surface area (Å²) in [5.41, 5.74) is 3.25. The summed E-state index contributed by atoms with van der Waals surface area (Å²) in [6, 6.07) is 15.2. The summed E-state index contributed by atoms with van der Waals surface area (Å²) in [6.07, 6.45) is 0. The molecule has 4 aromatic rings. The molecule has 0 atom stereocenters. The minimum atomic E-state index is -0.151. The Morgan fingerprint density at radius 1 is 1.21 bits per heavy atom. The Balaban J connectivity index is 1.64. The van der Waals surface area contributed by atoms with Crippen molar-refractivity contribution >= 4 is 39.1 Å². The number of Topliss-reactive ketones (excluding diaryl/α,β-unsaturated/α-hetero) is 1. The maximum Gasteiger partial charge on any atom is 0.260 e. The Morgan fingerprint density at radius 2 is 2.00 bits per heavy atom. The van der Waals surface area contributed by atoms with E-state index in [0.29, 0.717) is 32.4 Å². The van der Waals surface area contributed by atoms with Crippen LogP contribution in [0.25, 0.3) is 21.3 Å². The van der Waals surface area contributed by atoms with Gasteiger partial charge in [0, 0.05) is 27.8 Å². The molecule has 2 heterocycles. The van der Waals surface area contributed by atoms with Crippen molar-refractivity contribution in [2.24, 2.45) is 0 Å². The van der Waals surface area contributed by atoms with Gasteiger partial charge in [-0.2, -0.15) is 0 Å². The molecule has 0 fully saturated rings. The average Bonchev–Trinajstić information content (AvgIpc) is 3.17. The van der Waals surface area contributed by atoms with E-state index < -0.39 is 0 Å². The zero-order chi connectivity index (χ0) is 20.4. The molecular weight excluding hydrogens is 404 g/mol. The van der Waals surface area contributed by atoms with E-state index in [-0.39, 0.29) is 11.3 Å². The largest absolute Gasteiger partial charge is 0.496 e. The van der Waals surface area contributed by atoms with Crippen LogP contribution in [0.3, 0.4) is 0 Å². The van der Waals surface area contributed by atoms with Crippen molar-refractivity contribution in [3.05, 3.63) is 75.4 Å². The van der Waals surface area contributed by atoms with Crippen molar-refractivity contribution in [2.45, 2.75) is 17.8 Å². The molecule has 146 valence electrons. The number of hydrogen-bond donors (Lipinski definition) is 1. The minimum Gasteiger partial charge on any atom is -0.496 e. The molecule has 29 heavy (non-hydrogen) atoms. The standard InChI is InChI=1S/C22H18N2O3S2/c1-13(25)15-8-9-18(27-2)16(10-15)11-29-22-23-20(26)19-17(12-28-21(19)24-22)14-6-4-3-5-7-14/h3-10,12H,11H2,1-2H3,(H,23,24,26). The second kappa shape index (κ2) is 8.23. The molecule has 0 radical (unpaired) electrons. The van der Waals surface area contributed by atoms with E-state index >= 15 is 0 Å². The summed E-state index contributed by atoms with van der Waals surface area (Å²) < 4.78 is 5.40. The van der Waals surface area contributed by atoms with Crippen LogP contribution < -0.4 is 10.3 Å². The van der Waals surface area contributed by atoms with Gasteiger partial charge in [-0.3, -0.25) is 9.59 Å². The highest BCUT2D eigenvalue weighted by atomic mass is 32.2. The summed E-state index contributed by atoms with van der Waals surface area (Å²) in [5.74, 6) is 1.22. The number of fused-ring (bicyclic) bond motifs is 1. The van der Waals surface area contributed by atoms with Crippen LogP contribution in [0.15, 0.2) is 63.9 Å². The Labute approximate surface area is 175 Å². The predicted octanol–water partition coefficient (Wildman–Crippen LogP) is 5.16.